The fraction of sp³-hybridized carbons (Fsp3) is 0.926. The summed E-state index contributed by atoms with van der Waals surface area (Å²) in [6, 6.07) is 0. The molecule has 0 saturated heterocycles. The summed E-state index contributed by atoms with van der Waals surface area (Å²) in [4.78, 5) is 28.5. The summed E-state index contributed by atoms with van der Waals surface area (Å²) in [6.45, 7) is 12.6. The van der Waals surface area contributed by atoms with Gasteiger partial charge in [0.15, 0.2) is 0 Å². The molecule has 8 atom stereocenters. The highest BCUT2D eigenvalue weighted by Crippen LogP contribution is 2.67. The number of aliphatic hydroxyl groups is 1. The van der Waals surface area contributed by atoms with Crippen molar-refractivity contribution in [2.45, 2.75) is 111 Å². The van der Waals surface area contributed by atoms with Gasteiger partial charge in [-0.2, -0.15) is 0 Å². The van der Waals surface area contributed by atoms with Crippen molar-refractivity contribution in [3.8, 4) is 0 Å². The topological polar surface area (TPSA) is 135 Å². The third-order valence-corrected chi connectivity index (χ3v) is 10.3. The van der Waals surface area contributed by atoms with E-state index in [1.165, 1.54) is 57.8 Å². The zero-order chi connectivity index (χ0) is 27.3. The molecule has 4 rings (SSSR count). The van der Waals surface area contributed by atoms with Crippen molar-refractivity contribution in [2.75, 3.05) is 0 Å². The Morgan fingerprint density at radius 3 is 2.11 bits per heavy atom. The number of hydrogen-bond acceptors (Lipinski definition) is 3. The average Bonchev–Trinajstić information content (AvgIpc) is 3.10. The Kier molecular flexibility index (Phi) is 12.2. The van der Waals surface area contributed by atoms with Gasteiger partial charge in [0.2, 0.25) is 0 Å². The molecule has 5 N–H and O–H groups in total. The van der Waals surface area contributed by atoms with Crippen LogP contribution in [0.2, 0.25) is 0 Å². The van der Waals surface area contributed by atoms with Gasteiger partial charge in [-0.15, -0.1) is 19.6 Å². The highest BCUT2D eigenvalue weighted by atomic mass is 31.1. The molecule has 0 bridgehead atoms. The standard InChI is InChI=1S/C27H46O.2HO3P/c1-18(2)7-6-8-19(3)23-11-12-24-22-10-9-20-17-21(28)13-15-26(20,4)25(22)14-16-27(23,24)5;2*1-4(2)3/h9,18-19,21-25,28H,6-8,10-17H2,1-5H3;2*(H-,1,2,3)/p+2/t19-,21+,22+,23-,24+,25+,26+,27-;;/m1../s1. The van der Waals surface area contributed by atoms with Crippen LogP contribution in [0, 0.1) is 46.3 Å². The fourth-order valence-electron chi connectivity index (χ4n) is 8.67. The molecule has 4 aliphatic carbocycles. The van der Waals surface area contributed by atoms with Crippen LogP contribution < -0.4 is 0 Å². The van der Waals surface area contributed by atoms with Gasteiger partial charge in [0.1, 0.15) is 0 Å². The quantitative estimate of drug-likeness (QED) is 0.192. The molecular formula is C27H50O7P2+2. The summed E-state index contributed by atoms with van der Waals surface area (Å²) in [6.07, 6.45) is 17.2. The van der Waals surface area contributed by atoms with Crippen LogP contribution in [0.25, 0.3) is 0 Å². The number of hydrogen-bond donors (Lipinski definition) is 5. The summed E-state index contributed by atoms with van der Waals surface area (Å²) in [7, 11) is -5.74. The van der Waals surface area contributed by atoms with Crippen molar-refractivity contribution in [1.29, 1.82) is 0 Å². The van der Waals surface area contributed by atoms with Crippen LogP contribution in [0.4, 0.5) is 0 Å². The van der Waals surface area contributed by atoms with Gasteiger partial charge in [-0.25, -0.2) is 0 Å². The molecule has 3 fully saturated rings. The first-order chi connectivity index (χ1) is 16.7. The van der Waals surface area contributed by atoms with E-state index in [-0.39, 0.29) is 6.10 Å². The molecule has 36 heavy (non-hydrogen) atoms. The molecule has 0 spiro atoms. The van der Waals surface area contributed by atoms with Gasteiger partial charge in [0.05, 0.1) is 6.10 Å². The molecule has 0 aromatic rings. The number of aliphatic hydroxyl groups excluding tert-OH is 1. The van der Waals surface area contributed by atoms with E-state index in [1.807, 2.05) is 0 Å². The van der Waals surface area contributed by atoms with E-state index in [0.717, 1.165) is 48.3 Å². The highest BCUT2D eigenvalue weighted by molar-refractivity contribution is 7.31. The summed E-state index contributed by atoms with van der Waals surface area (Å²) >= 11 is 0. The average molecular weight is 549 g/mol. The van der Waals surface area contributed by atoms with E-state index in [1.54, 1.807) is 5.57 Å². The van der Waals surface area contributed by atoms with Crippen LogP contribution in [0.1, 0.15) is 105 Å². The lowest BCUT2D eigenvalue weighted by molar-refractivity contribution is -0.0573. The number of allylic oxidation sites excluding steroid dienone is 1. The summed E-state index contributed by atoms with van der Waals surface area (Å²) < 4.78 is 17.4. The molecule has 0 unspecified atom stereocenters. The molecule has 4 aliphatic rings. The van der Waals surface area contributed by atoms with Crippen molar-refractivity contribution < 1.29 is 33.8 Å². The first-order valence-electron chi connectivity index (χ1n) is 13.8. The van der Waals surface area contributed by atoms with E-state index >= 15 is 0 Å². The van der Waals surface area contributed by atoms with Gasteiger partial charge in [-0.05, 0) is 97.7 Å². The van der Waals surface area contributed by atoms with Crippen molar-refractivity contribution in [3.63, 3.8) is 0 Å². The zero-order valence-electron chi connectivity index (χ0n) is 22.8. The lowest BCUT2D eigenvalue weighted by Crippen LogP contribution is -2.50. The molecule has 0 radical (unpaired) electrons. The SMILES string of the molecule is CC(C)CCC[C@@H](C)[C@H]1CC[C@H]2[C@@H]3CC=C4C[C@@H](O)CC[C@]4(C)[C@H]3CC[C@]12C.O=[P+](O)O.O=[P+](O)O. The minimum Gasteiger partial charge on any atom is -0.393 e. The monoisotopic (exact) mass is 548 g/mol. The summed E-state index contributed by atoms with van der Waals surface area (Å²) in [5, 5.41) is 10.2. The fourth-order valence-corrected chi connectivity index (χ4v) is 8.67. The third kappa shape index (κ3) is 7.88. The zero-order valence-corrected chi connectivity index (χ0v) is 24.6. The van der Waals surface area contributed by atoms with Crippen molar-refractivity contribution in [3.05, 3.63) is 11.6 Å². The smallest absolute Gasteiger partial charge is 0.393 e. The van der Waals surface area contributed by atoms with E-state index in [9.17, 15) is 5.11 Å². The van der Waals surface area contributed by atoms with E-state index < -0.39 is 16.5 Å². The Morgan fingerprint density at radius 2 is 1.53 bits per heavy atom. The Morgan fingerprint density at radius 1 is 0.917 bits per heavy atom. The second kappa shape index (κ2) is 13.7. The molecule has 208 valence electrons. The van der Waals surface area contributed by atoms with Gasteiger partial charge < -0.3 is 5.11 Å². The Balaban J connectivity index is 0.000000501. The summed E-state index contributed by atoms with van der Waals surface area (Å²) in [5.74, 6) is 5.46. The summed E-state index contributed by atoms with van der Waals surface area (Å²) in [5.41, 5.74) is 2.60. The largest absolute Gasteiger partial charge is 0.692 e. The second-order valence-corrected chi connectivity index (χ2v) is 13.7. The third-order valence-electron chi connectivity index (χ3n) is 10.3. The molecule has 3 saturated carbocycles. The van der Waals surface area contributed by atoms with Gasteiger partial charge in [-0.1, -0.05) is 65.5 Å². The Bertz CT molecular complexity index is 768. The van der Waals surface area contributed by atoms with Crippen molar-refractivity contribution in [2.24, 2.45) is 46.3 Å². The predicted molar refractivity (Wildman–Crippen MR) is 143 cm³/mol. The molecule has 9 heteroatoms. The molecular weight excluding hydrogens is 498 g/mol. The van der Waals surface area contributed by atoms with Crippen LogP contribution in [0.5, 0.6) is 0 Å². The van der Waals surface area contributed by atoms with E-state index in [4.69, 9.17) is 28.7 Å². The molecule has 0 amide bonds. The molecule has 0 aromatic heterocycles. The van der Waals surface area contributed by atoms with Crippen LogP contribution in [-0.2, 0) is 9.13 Å². The van der Waals surface area contributed by atoms with E-state index in [0.29, 0.717) is 10.8 Å². The molecule has 7 nitrogen and oxygen atoms in total. The Labute approximate surface area is 219 Å². The molecule has 0 aliphatic heterocycles. The lowest BCUT2D eigenvalue weighted by atomic mass is 9.47. The Hall–Kier alpha value is -0.260. The molecule has 0 aromatic carbocycles. The first kappa shape index (κ1) is 32.0. The molecule has 0 heterocycles. The van der Waals surface area contributed by atoms with Crippen molar-refractivity contribution in [1.82, 2.24) is 0 Å². The normalized spacial score (nSPS) is 37.6. The maximum atomic E-state index is 10.2. The van der Waals surface area contributed by atoms with Gasteiger partial charge >= 0.3 is 16.5 Å². The van der Waals surface area contributed by atoms with E-state index in [2.05, 4.69) is 40.7 Å². The minimum atomic E-state index is -2.87. The van der Waals surface area contributed by atoms with Crippen molar-refractivity contribution >= 4 is 16.5 Å². The van der Waals surface area contributed by atoms with Gasteiger partial charge in [0, 0.05) is 9.13 Å². The van der Waals surface area contributed by atoms with Gasteiger partial charge in [-0.3, -0.25) is 0 Å². The maximum absolute atomic E-state index is 10.2. The lowest BCUT2D eigenvalue weighted by Gasteiger charge is -2.58. The van der Waals surface area contributed by atoms with Crippen LogP contribution in [0.3, 0.4) is 0 Å². The number of fused-ring (bicyclic) bond motifs is 5. The predicted octanol–water partition coefficient (Wildman–Crippen LogP) is 6.65. The first-order valence-corrected chi connectivity index (χ1v) is 16.1. The maximum Gasteiger partial charge on any atom is 0.692 e. The van der Waals surface area contributed by atoms with Crippen LogP contribution >= 0.6 is 16.5 Å². The van der Waals surface area contributed by atoms with Crippen LogP contribution in [0.15, 0.2) is 11.6 Å². The second-order valence-electron chi connectivity index (χ2n) is 12.7. The van der Waals surface area contributed by atoms with Crippen LogP contribution in [-0.4, -0.2) is 30.8 Å². The minimum absolute atomic E-state index is 0.0766. The highest BCUT2D eigenvalue weighted by Gasteiger charge is 2.59. The van der Waals surface area contributed by atoms with Gasteiger partial charge in [0.25, 0.3) is 0 Å². The number of rotatable bonds is 5.